The number of rotatable bonds is 4. The number of fused-ring (bicyclic) bond motifs is 1. The monoisotopic (exact) mass is 359 g/mol. The molecule has 0 bridgehead atoms. The predicted octanol–water partition coefficient (Wildman–Crippen LogP) is 0.459. The average molecular weight is 359 g/mol. The van der Waals surface area contributed by atoms with Crippen LogP contribution >= 0.6 is 0 Å². The number of ether oxygens (including phenoxy) is 1. The van der Waals surface area contributed by atoms with E-state index < -0.39 is 0 Å². The second-order valence-electron chi connectivity index (χ2n) is 7.59. The molecule has 0 aromatic carbocycles. The SMILES string of the molecule is CC1CC(NC(=O)CC2CCN(C)C2=O)CN1c1ncc2c(n1)COC2. The fourth-order valence-electron chi connectivity index (χ4n) is 4.08. The zero-order chi connectivity index (χ0) is 18.3. The first-order chi connectivity index (χ1) is 12.5. The van der Waals surface area contributed by atoms with E-state index in [0.717, 1.165) is 30.6 Å². The van der Waals surface area contributed by atoms with Crippen LogP contribution < -0.4 is 10.2 Å². The summed E-state index contributed by atoms with van der Waals surface area (Å²) in [5.41, 5.74) is 2.01. The third-order valence-electron chi connectivity index (χ3n) is 5.60. The lowest BCUT2D eigenvalue weighted by molar-refractivity contribution is -0.133. The van der Waals surface area contributed by atoms with Crippen LogP contribution in [0.1, 0.15) is 37.4 Å². The number of carbonyl (C=O) groups excluding carboxylic acids is 2. The second-order valence-corrected chi connectivity index (χ2v) is 7.59. The molecule has 3 unspecified atom stereocenters. The largest absolute Gasteiger partial charge is 0.370 e. The lowest BCUT2D eigenvalue weighted by Gasteiger charge is -2.21. The van der Waals surface area contributed by atoms with Gasteiger partial charge in [0.05, 0.1) is 18.9 Å². The van der Waals surface area contributed by atoms with Gasteiger partial charge in [-0.1, -0.05) is 0 Å². The van der Waals surface area contributed by atoms with E-state index in [4.69, 9.17) is 4.74 Å². The molecule has 26 heavy (non-hydrogen) atoms. The molecule has 1 aromatic rings. The summed E-state index contributed by atoms with van der Waals surface area (Å²) in [5.74, 6) is 0.567. The van der Waals surface area contributed by atoms with Crippen molar-refractivity contribution < 1.29 is 14.3 Å². The van der Waals surface area contributed by atoms with Gasteiger partial charge in [0.1, 0.15) is 0 Å². The van der Waals surface area contributed by atoms with Crippen LogP contribution in [0.2, 0.25) is 0 Å². The van der Waals surface area contributed by atoms with Crippen molar-refractivity contribution in [3.63, 3.8) is 0 Å². The molecule has 0 spiro atoms. The minimum atomic E-state index is -0.171. The second kappa shape index (κ2) is 6.83. The summed E-state index contributed by atoms with van der Waals surface area (Å²) >= 11 is 0. The molecular weight excluding hydrogens is 334 g/mol. The molecule has 2 saturated heterocycles. The molecular formula is C18H25N5O3. The summed E-state index contributed by atoms with van der Waals surface area (Å²) in [6.45, 7) is 4.67. The van der Waals surface area contributed by atoms with Gasteiger partial charge in [-0.2, -0.15) is 0 Å². The Morgan fingerprint density at radius 3 is 3.04 bits per heavy atom. The topological polar surface area (TPSA) is 87.7 Å². The first kappa shape index (κ1) is 17.2. The lowest BCUT2D eigenvalue weighted by Crippen LogP contribution is -2.39. The van der Waals surface area contributed by atoms with Crippen LogP contribution in [0.15, 0.2) is 6.20 Å². The maximum Gasteiger partial charge on any atom is 0.226 e. The lowest BCUT2D eigenvalue weighted by atomic mass is 10.0. The van der Waals surface area contributed by atoms with Gasteiger partial charge < -0.3 is 19.9 Å². The van der Waals surface area contributed by atoms with E-state index in [2.05, 4.69) is 27.1 Å². The Bertz CT molecular complexity index is 725. The van der Waals surface area contributed by atoms with Crippen molar-refractivity contribution in [1.82, 2.24) is 20.2 Å². The third kappa shape index (κ3) is 3.25. The number of nitrogens with zero attached hydrogens (tertiary/aromatic N) is 4. The third-order valence-corrected chi connectivity index (χ3v) is 5.60. The van der Waals surface area contributed by atoms with E-state index in [1.54, 1.807) is 11.9 Å². The van der Waals surface area contributed by atoms with E-state index in [9.17, 15) is 9.59 Å². The molecule has 8 heteroatoms. The number of anilines is 1. The highest BCUT2D eigenvalue weighted by molar-refractivity contribution is 5.87. The number of amides is 2. The Hall–Kier alpha value is -2.22. The van der Waals surface area contributed by atoms with Crippen LogP contribution in [0.4, 0.5) is 5.95 Å². The fraction of sp³-hybridized carbons (Fsp3) is 0.667. The van der Waals surface area contributed by atoms with Crippen molar-refractivity contribution in [2.45, 2.75) is 51.5 Å². The highest BCUT2D eigenvalue weighted by Crippen LogP contribution is 2.26. The molecule has 3 aliphatic heterocycles. The van der Waals surface area contributed by atoms with Gasteiger partial charge in [0.25, 0.3) is 0 Å². The molecule has 4 heterocycles. The molecule has 2 amide bonds. The maximum atomic E-state index is 12.4. The average Bonchev–Trinajstić information content (AvgIpc) is 3.29. The van der Waals surface area contributed by atoms with Crippen LogP contribution in [0.5, 0.6) is 0 Å². The van der Waals surface area contributed by atoms with Gasteiger partial charge in [-0.3, -0.25) is 9.59 Å². The first-order valence-electron chi connectivity index (χ1n) is 9.24. The number of nitrogens with one attached hydrogen (secondary N) is 1. The highest BCUT2D eigenvalue weighted by Gasteiger charge is 2.35. The summed E-state index contributed by atoms with van der Waals surface area (Å²) < 4.78 is 5.40. The van der Waals surface area contributed by atoms with E-state index in [-0.39, 0.29) is 36.2 Å². The standard InChI is InChI=1S/C18H25N5O3/c1-11-5-14(20-16(24)6-12-3-4-22(2)17(12)25)8-23(11)18-19-7-13-9-26-10-15(13)21-18/h7,11-12,14H,3-6,8-10H2,1-2H3,(H,20,24). The van der Waals surface area contributed by atoms with Crippen molar-refractivity contribution in [3.05, 3.63) is 17.5 Å². The van der Waals surface area contributed by atoms with E-state index in [0.29, 0.717) is 25.7 Å². The quantitative estimate of drug-likeness (QED) is 0.840. The number of carbonyl (C=O) groups is 2. The minimum Gasteiger partial charge on any atom is -0.370 e. The molecule has 8 nitrogen and oxygen atoms in total. The Labute approximate surface area is 152 Å². The smallest absolute Gasteiger partial charge is 0.226 e. The maximum absolute atomic E-state index is 12.4. The minimum absolute atomic E-state index is 0.0408. The van der Waals surface area contributed by atoms with Gasteiger partial charge in [0, 0.05) is 56.3 Å². The van der Waals surface area contributed by atoms with Gasteiger partial charge in [0.15, 0.2) is 0 Å². The van der Waals surface area contributed by atoms with Gasteiger partial charge in [-0.05, 0) is 19.8 Å². The van der Waals surface area contributed by atoms with Crippen LogP contribution in [-0.2, 0) is 27.5 Å². The molecule has 3 aliphatic rings. The number of likely N-dealkylation sites (tertiary alicyclic amines) is 1. The van der Waals surface area contributed by atoms with Gasteiger partial charge in [-0.25, -0.2) is 9.97 Å². The summed E-state index contributed by atoms with van der Waals surface area (Å²) in [6, 6.07) is 0.305. The van der Waals surface area contributed by atoms with Crippen LogP contribution in [0, 0.1) is 5.92 Å². The van der Waals surface area contributed by atoms with Gasteiger partial charge in [0.2, 0.25) is 17.8 Å². The van der Waals surface area contributed by atoms with Crippen LogP contribution in [0.3, 0.4) is 0 Å². The number of hydrogen-bond acceptors (Lipinski definition) is 6. The fourth-order valence-corrected chi connectivity index (χ4v) is 4.08. The Morgan fingerprint density at radius 2 is 2.27 bits per heavy atom. The van der Waals surface area contributed by atoms with Crippen molar-refractivity contribution >= 4 is 17.8 Å². The van der Waals surface area contributed by atoms with Crippen LogP contribution in [0.25, 0.3) is 0 Å². The molecule has 0 saturated carbocycles. The molecule has 140 valence electrons. The number of hydrogen-bond donors (Lipinski definition) is 1. The summed E-state index contributed by atoms with van der Waals surface area (Å²) in [6.07, 6.45) is 3.73. The molecule has 0 radical (unpaired) electrons. The highest BCUT2D eigenvalue weighted by atomic mass is 16.5. The van der Waals surface area contributed by atoms with Crippen molar-refractivity contribution in [2.24, 2.45) is 5.92 Å². The first-order valence-corrected chi connectivity index (χ1v) is 9.24. The van der Waals surface area contributed by atoms with E-state index >= 15 is 0 Å². The normalized spacial score (nSPS) is 27.9. The summed E-state index contributed by atoms with van der Waals surface area (Å²) in [5, 5.41) is 3.09. The zero-order valence-electron chi connectivity index (χ0n) is 15.3. The molecule has 3 atom stereocenters. The summed E-state index contributed by atoms with van der Waals surface area (Å²) in [7, 11) is 1.79. The predicted molar refractivity (Wildman–Crippen MR) is 94.2 cm³/mol. The molecule has 4 rings (SSSR count). The van der Waals surface area contributed by atoms with Gasteiger partial charge in [-0.15, -0.1) is 0 Å². The van der Waals surface area contributed by atoms with E-state index in [1.165, 1.54) is 0 Å². The van der Waals surface area contributed by atoms with Gasteiger partial charge >= 0.3 is 0 Å². The van der Waals surface area contributed by atoms with Crippen molar-refractivity contribution in [2.75, 3.05) is 25.0 Å². The molecule has 1 N–H and O–H groups in total. The zero-order valence-corrected chi connectivity index (χ0v) is 15.3. The number of aromatic nitrogens is 2. The molecule has 2 fully saturated rings. The van der Waals surface area contributed by atoms with Crippen molar-refractivity contribution in [3.8, 4) is 0 Å². The van der Waals surface area contributed by atoms with E-state index in [1.807, 2.05) is 6.20 Å². The van der Waals surface area contributed by atoms with Crippen molar-refractivity contribution in [1.29, 1.82) is 0 Å². The molecule has 0 aliphatic carbocycles. The van der Waals surface area contributed by atoms with Crippen LogP contribution in [-0.4, -0.2) is 58.9 Å². The summed E-state index contributed by atoms with van der Waals surface area (Å²) in [4.78, 5) is 37.3. The Balaban J connectivity index is 1.35. The molecule has 1 aromatic heterocycles. The Morgan fingerprint density at radius 1 is 1.42 bits per heavy atom. The Kier molecular flexibility index (Phi) is 4.52.